The molecular formula is C19H18N4S. The Labute approximate surface area is 145 Å². The molecule has 4 nitrogen and oxygen atoms in total. The normalized spacial score (nSPS) is 12.5. The predicted molar refractivity (Wildman–Crippen MR) is 103 cm³/mol. The molecule has 0 atom stereocenters. The number of aryl methyl sites for hydroxylation is 1. The Hall–Kier alpha value is -2.40. The summed E-state index contributed by atoms with van der Waals surface area (Å²) in [6.45, 7) is 2.97. The number of thioether (sulfide) groups is 1. The first-order valence-corrected chi connectivity index (χ1v) is 9.07. The molecule has 0 unspecified atom stereocenters. The Morgan fingerprint density at radius 2 is 1.92 bits per heavy atom. The summed E-state index contributed by atoms with van der Waals surface area (Å²) in [5, 5.41) is 11.5. The Morgan fingerprint density at radius 3 is 2.67 bits per heavy atom. The summed E-state index contributed by atoms with van der Waals surface area (Å²) in [4.78, 5) is 7.05. The van der Waals surface area contributed by atoms with Crippen molar-refractivity contribution in [3.8, 4) is 0 Å². The fourth-order valence-corrected chi connectivity index (χ4v) is 3.89. The molecule has 0 fully saturated rings. The first kappa shape index (κ1) is 15.1. The second kappa shape index (κ2) is 5.91. The predicted octanol–water partition coefficient (Wildman–Crippen LogP) is 4.33. The molecule has 0 saturated heterocycles. The van der Waals surface area contributed by atoms with Crippen molar-refractivity contribution in [1.82, 2.24) is 10.2 Å². The third kappa shape index (κ3) is 2.36. The van der Waals surface area contributed by atoms with Crippen LogP contribution in [-0.4, -0.2) is 28.5 Å². The number of benzene rings is 2. The van der Waals surface area contributed by atoms with Crippen molar-refractivity contribution in [3.63, 3.8) is 0 Å². The van der Waals surface area contributed by atoms with Crippen molar-refractivity contribution in [3.05, 3.63) is 59.4 Å². The molecule has 0 saturated carbocycles. The summed E-state index contributed by atoms with van der Waals surface area (Å²) in [5.41, 5.74) is 5.98. The van der Waals surface area contributed by atoms with E-state index in [4.69, 9.17) is 4.99 Å². The molecule has 5 heteroatoms. The van der Waals surface area contributed by atoms with Crippen LogP contribution in [0, 0.1) is 6.92 Å². The van der Waals surface area contributed by atoms with Gasteiger partial charge in [-0.15, -0.1) is 11.8 Å². The van der Waals surface area contributed by atoms with E-state index in [1.54, 1.807) is 18.0 Å². The van der Waals surface area contributed by atoms with Crippen LogP contribution in [0.15, 0.2) is 47.7 Å². The number of hydrogen-bond acceptors (Lipinski definition) is 5. The van der Waals surface area contributed by atoms with Crippen LogP contribution < -0.4 is 4.90 Å². The molecule has 1 aromatic heterocycles. The molecule has 0 radical (unpaired) electrons. The molecule has 1 aliphatic heterocycles. The Kier molecular flexibility index (Phi) is 3.73. The van der Waals surface area contributed by atoms with E-state index in [0.717, 1.165) is 22.8 Å². The highest BCUT2D eigenvalue weighted by Crippen LogP contribution is 2.43. The van der Waals surface area contributed by atoms with Gasteiger partial charge in [-0.1, -0.05) is 12.1 Å². The van der Waals surface area contributed by atoms with Crippen molar-refractivity contribution >= 4 is 39.0 Å². The molecular weight excluding hydrogens is 316 g/mol. The zero-order chi connectivity index (χ0) is 16.7. The maximum Gasteiger partial charge on any atom is 0.104 e. The largest absolute Gasteiger partial charge is 0.370 e. The maximum atomic E-state index is 4.78. The first-order valence-electron chi connectivity index (χ1n) is 7.85. The van der Waals surface area contributed by atoms with Crippen LogP contribution in [-0.2, 0) is 6.54 Å². The van der Waals surface area contributed by atoms with E-state index in [9.17, 15) is 0 Å². The van der Waals surface area contributed by atoms with E-state index in [2.05, 4.69) is 59.6 Å². The van der Waals surface area contributed by atoms with Crippen molar-refractivity contribution in [2.24, 2.45) is 4.99 Å². The molecule has 0 bridgehead atoms. The fraction of sp³-hybridized carbons (Fsp3) is 0.211. The highest BCUT2D eigenvalue weighted by Gasteiger charge is 2.21. The third-order valence-corrected chi connectivity index (χ3v) is 5.15. The fourth-order valence-electron chi connectivity index (χ4n) is 3.31. The van der Waals surface area contributed by atoms with Gasteiger partial charge in [-0.2, -0.15) is 10.2 Å². The van der Waals surface area contributed by atoms with Gasteiger partial charge in [0.2, 0.25) is 0 Å². The molecule has 120 valence electrons. The average Bonchev–Trinajstić information content (AvgIpc) is 2.97. The SMILES string of the molecule is CSC1=Nc2ccc(N(C)Cc3ccnnc3)c3c(C)ccc1c23. The molecule has 0 aliphatic carbocycles. The Balaban J connectivity index is 1.84. The highest BCUT2D eigenvalue weighted by molar-refractivity contribution is 8.13. The van der Waals surface area contributed by atoms with Crippen molar-refractivity contribution < 1.29 is 0 Å². The number of rotatable bonds is 3. The lowest BCUT2D eigenvalue weighted by Crippen LogP contribution is -2.17. The lowest BCUT2D eigenvalue weighted by atomic mass is 9.98. The molecule has 0 amide bonds. The molecule has 2 aromatic carbocycles. The van der Waals surface area contributed by atoms with Crippen LogP contribution >= 0.6 is 11.8 Å². The van der Waals surface area contributed by atoms with E-state index in [0.29, 0.717) is 0 Å². The highest BCUT2D eigenvalue weighted by atomic mass is 32.2. The van der Waals surface area contributed by atoms with Gasteiger partial charge in [0.05, 0.1) is 11.9 Å². The molecule has 4 rings (SSSR count). The smallest absolute Gasteiger partial charge is 0.104 e. The van der Waals surface area contributed by atoms with Gasteiger partial charge in [-0.3, -0.25) is 0 Å². The molecule has 0 spiro atoms. The van der Waals surface area contributed by atoms with Gasteiger partial charge in [-0.25, -0.2) is 4.99 Å². The molecule has 24 heavy (non-hydrogen) atoms. The lowest BCUT2D eigenvalue weighted by molar-refractivity contribution is 0.897. The summed E-state index contributed by atoms with van der Waals surface area (Å²) in [5.74, 6) is 0. The number of aromatic nitrogens is 2. The maximum absolute atomic E-state index is 4.78. The molecule has 0 N–H and O–H groups in total. The first-order chi connectivity index (χ1) is 11.7. The van der Waals surface area contributed by atoms with E-state index >= 15 is 0 Å². The van der Waals surface area contributed by atoms with Gasteiger partial charge in [0.15, 0.2) is 0 Å². The summed E-state index contributed by atoms with van der Waals surface area (Å²) < 4.78 is 0. The van der Waals surface area contributed by atoms with Gasteiger partial charge in [-0.05, 0) is 42.5 Å². The number of hydrogen-bond donors (Lipinski definition) is 0. The standard InChI is InChI=1S/C19H18N4S/c1-12-4-5-14-18-15(22-19(14)24-3)6-7-16(17(12)18)23(2)11-13-8-9-20-21-10-13/h4-10H,11H2,1-3H3. The van der Waals surface area contributed by atoms with Crippen LogP contribution in [0.4, 0.5) is 11.4 Å². The van der Waals surface area contributed by atoms with Gasteiger partial charge in [0.25, 0.3) is 0 Å². The van der Waals surface area contributed by atoms with Crippen LogP contribution in [0.1, 0.15) is 16.7 Å². The van der Waals surface area contributed by atoms with Crippen molar-refractivity contribution in [2.75, 3.05) is 18.2 Å². The topological polar surface area (TPSA) is 41.4 Å². The van der Waals surface area contributed by atoms with E-state index in [1.807, 2.05) is 12.3 Å². The van der Waals surface area contributed by atoms with Gasteiger partial charge in [0.1, 0.15) is 5.04 Å². The molecule has 2 heterocycles. The van der Waals surface area contributed by atoms with Crippen LogP contribution in [0.5, 0.6) is 0 Å². The quantitative estimate of drug-likeness (QED) is 0.715. The summed E-state index contributed by atoms with van der Waals surface area (Å²) in [6.07, 6.45) is 5.64. The van der Waals surface area contributed by atoms with Crippen LogP contribution in [0.25, 0.3) is 10.8 Å². The monoisotopic (exact) mass is 334 g/mol. The lowest BCUT2D eigenvalue weighted by Gasteiger charge is -2.22. The Morgan fingerprint density at radius 1 is 1.04 bits per heavy atom. The summed E-state index contributed by atoms with van der Waals surface area (Å²) >= 11 is 1.71. The third-order valence-electron chi connectivity index (χ3n) is 4.45. The van der Waals surface area contributed by atoms with E-state index in [1.165, 1.54) is 27.6 Å². The minimum absolute atomic E-state index is 0.796. The minimum Gasteiger partial charge on any atom is -0.370 e. The number of nitrogens with zero attached hydrogens (tertiary/aromatic N) is 4. The molecule has 3 aromatic rings. The zero-order valence-corrected chi connectivity index (χ0v) is 14.8. The van der Waals surface area contributed by atoms with Crippen LogP contribution in [0.3, 0.4) is 0 Å². The minimum atomic E-state index is 0.796. The molecule has 1 aliphatic rings. The van der Waals surface area contributed by atoms with Gasteiger partial charge >= 0.3 is 0 Å². The summed E-state index contributed by atoms with van der Waals surface area (Å²) in [6, 6.07) is 10.7. The van der Waals surface area contributed by atoms with Crippen molar-refractivity contribution in [2.45, 2.75) is 13.5 Å². The zero-order valence-electron chi connectivity index (χ0n) is 13.9. The van der Waals surface area contributed by atoms with Gasteiger partial charge < -0.3 is 4.90 Å². The van der Waals surface area contributed by atoms with Gasteiger partial charge in [0, 0.05) is 41.8 Å². The second-order valence-corrected chi connectivity index (χ2v) is 6.81. The summed E-state index contributed by atoms with van der Waals surface area (Å²) in [7, 11) is 2.12. The van der Waals surface area contributed by atoms with E-state index < -0.39 is 0 Å². The van der Waals surface area contributed by atoms with Crippen LogP contribution in [0.2, 0.25) is 0 Å². The second-order valence-electron chi connectivity index (χ2n) is 6.01. The average molecular weight is 334 g/mol. The van der Waals surface area contributed by atoms with E-state index in [-0.39, 0.29) is 0 Å². The number of anilines is 1. The van der Waals surface area contributed by atoms with Crippen molar-refractivity contribution in [1.29, 1.82) is 0 Å². The Bertz CT molecular complexity index is 950. The number of aliphatic imine (C=N–C) groups is 1.